The zero-order valence-electron chi connectivity index (χ0n) is 16.3. The number of nitrogens with zero attached hydrogens (tertiary/aromatic N) is 4. The minimum atomic E-state index is -0.737. The number of halogens is 2. The lowest BCUT2D eigenvalue weighted by Crippen LogP contribution is -2.37. The minimum absolute atomic E-state index is 0.146. The molecule has 0 aliphatic carbocycles. The first-order valence-corrected chi connectivity index (χ1v) is 9.61. The number of aliphatic hydroxyl groups is 1. The van der Waals surface area contributed by atoms with E-state index >= 15 is 0 Å². The van der Waals surface area contributed by atoms with Gasteiger partial charge < -0.3 is 20.1 Å². The van der Waals surface area contributed by atoms with Gasteiger partial charge in [0, 0.05) is 18.3 Å². The summed E-state index contributed by atoms with van der Waals surface area (Å²) >= 11 is 0. The smallest absolute Gasteiger partial charge is 0.405 e. The van der Waals surface area contributed by atoms with Crippen LogP contribution in [-0.4, -0.2) is 45.0 Å². The number of aliphatic hydroxyl groups excluding tert-OH is 1. The van der Waals surface area contributed by atoms with Crippen molar-refractivity contribution >= 4 is 17.6 Å². The molecule has 3 aromatic rings. The molecule has 158 valence electrons. The predicted octanol–water partition coefficient (Wildman–Crippen LogP) is 2.82. The summed E-state index contributed by atoms with van der Waals surface area (Å²) in [6.45, 7) is 2.04. The summed E-state index contributed by atoms with van der Waals surface area (Å²) in [5.74, 6) is -0.260. The Morgan fingerprint density at radius 2 is 2.23 bits per heavy atom. The summed E-state index contributed by atoms with van der Waals surface area (Å²) in [5, 5.41) is 15.6. The molecule has 3 heterocycles. The van der Waals surface area contributed by atoms with Crippen LogP contribution in [0.1, 0.15) is 31.4 Å². The third kappa shape index (κ3) is 3.90. The van der Waals surface area contributed by atoms with Gasteiger partial charge in [-0.3, -0.25) is 0 Å². The fourth-order valence-electron chi connectivity index (χ4n) is 3.58. The minimum Gasteiger partial charge on any atom is -0.405 e. The Hall–Kier alpha value is -3.27. The standard InChI is InChI=1S/C20H21F2N5O3/c1-12(11-28)24-20(29)30-17-10-23-27-8-6-18(25-19(17)27)26-7-2-3-16(26)14-9-13(21)4-5-15(14)22/h4-6,8-10,12,16,28H,2-3,7,11H2,1H3,(H,24,29)/t12-,16+/m0/s1. The molecule has 1 aromatic carbocycles. The molecule has 4 rings (SSSR count). The lowest BCUT2D eigenvalue weighted by Gasteiger charge is -2.26. The van der Waals surface area contributed by atoms with Gasteiger partial charge in [0.1, 0.15) is 17.5 Å². The maximum atomic E-state index is 14.3. The number of anilines is 1. The van der Waals surface area contributed by atoms with Crippen LogP contribution in [0.25, 0.3) is 5.65 Å². The van der Waals surface area contributed by atoms with E-state index in [-0.39, 0.29) is 24.0 Å². The van der Waals surface area contributed by atoms with Crippen molar-refractivity contribution in [1.29, 1.82) is 0 Å². The molecular weight excluding hydrogens is 396 g/mol. The molecule has 0 radical (unpaired) electrons. The molecule has 10 heteroatoms. The summed E-state index contributed by atoms with van der Waals surface area (Å²) < 4.78 is 34.8. The highest BCUT2D eigenvalue weighted by Gasteiger charge is 2.30. The average Bonchev–Trinajstić information content (AvgIpc) is 3.36. The van der Waals surface area contributed by atoms with Gasteiger partial charge in [-0.1, -0.05) is 0 Å². The van der Waals surface area contributed by atoms with Gasteiger partial charge in [0.05, 0.1) is 24.9 Å². The van der Waals surface area contributed by atoms with Crippen LogP contribution in [-0.2, 0) is 0 Å². The van der Waals surface area contributed by atoms with E-state index in [1.807, 2.05) is 4.90 Å². The number of fused-ring (bicyclic) bond motifs is 1. The molecule has 2 aromatic heterocycles. The van der Waals surface area contributed by atoms with Crippen LogP contribution in [0.5, 0.6) is 5.75 Å². The van der Waals surface area contributed by atoms with Crippen LogP contribution in [0, 0.1) is 11.6 Å². The molecule has 2 N–H and O–H groups in total. The quantitative estimate of drug-likeness (QED) is 0.663. The second-order valence-corrected chi connectivity index (χ2v) is 7.20. The Balaban J connectivity index is 1.63. The topological polar surface area (TPSA) is 92.0 Å². The number of nitrogens with one attached hydrogen (secondary N) is 1. The molecule has 1 fully saturated rings. The van der Waals surface area contributed by atoms with Crippen molar-refractivity contribution in [2.45, 2.75) is 31.8 Å². The molecule has 0 bridgehead atoms. The van der Waals surface area contributed by atoms with Crippen molar-refractivity contribution < 1.29 is 23.4 Å². The van der Waals surface area contributed by atoms with Crippen molar-refractivity contribution in [3.05, 3.63) is 53.9 Å². The van der Waals surface area contributed by atoms with Crippen molar-refractivity contribution in [3.63, 3.8) is 0 Å². The number of hydrogen-bond donors (Lipinski definition) is 2. The van der Waals surface area contributed by atoms with E-state index in [1.165, 1.54) is 16.8 Å². The second kappa shape index (κ2) is 8.23. The zero-order chi connectivity index (χ0) is 21.3. The molecule has 1 aliphatic heterocycles. The van der Waals surface area contributed by atoms with Crippen molar-refractivity contribution in [1.82, 2.24) is 19.9 Å². The highest BCUT2D eigenvalue weighted by molar-refractivity contribution is 5.73. The molecule has 2 atom stereocenters. The van der Waals surface area contributed by atoms with Gasteiger partial charge in [0.2, 0.25) is 5.65 Å². The predicted molar refractivity (Wildman–Crippen MR) is 104 cm³/mol. The second-order valence-electron chi connectivity index (χ2n) is 7.20. The summed E-state index contributed by atoms with van der Waals surface area (Å²) in [4.78, 5) is 18.4. The highest BCUT2D eigenvalue weighted by atomic mass is 19.1. The molecule has 1 amide bonds. The van der Waals surface area contributed by atoms with Gasteiger partial charge in [-0.25, -0.2) is 23.1 Å². The summed E-state index contributed by atoms with van der Waals surface area (Å²) in [6.07, 6.45) is 3.76. The van der Waals surface area contributed by atoms with Gasteiger partial charge in [-0.05, 0) is 44.0 Å². The molecule has 0 unspecified atom stereocenters. The number of aromatic nitrogens is 3. The maximum Gasteiger partial charge on any atom is 0.413 e. The number of rotatable bonds is 5. The van der Waals surface area contributed by atoms with Crippen molar-refractivity contribution in [3.8, 4) is 5.75 Å². The number of benzene rings is 1. The van der Waals surface area contributed by atoms with E-state index in [2.05, 4.69) is 15.4 Å². The normalized spacial score (nSPS) is 17.3. The largest absolute Gasteiger partial charge is 0.413 e. The van der Waals surface area contributed by atoms with E-state index in [4.69, 9.17) is 9.84 Å². The lowest BCUT2D eigenvalue weighted by atomic mass is 10.0. The van der Waals surface area contributed by atoms with Gasteiger partial charge >= 0.3 is 6.09 Å². The first kappa shape index (κ1) is 20.0. The number of ether oxygens (including phenoxy) is 1. The summed E-state index contributed by atoms with van der Waals surface area (Å²) in [6, 6.07) is 4.36. The lowest BCUT2D eigenvalue weighted by molar-refractivity contribution is 0.186. The summed E-state index contributed by atoms with van der Waals surface area (Å²) in [5.41, 5.74) is 0.598. The molecule has 1 saturated heterocycles. The van der Waals surface area contributed by atoms with E-state index < -0.39 is 23.8 Å². The molecule has 0 saturated carbocycles. The third-order valence-corrected chi connectivity index (χ3v) is 5.03. The fraction of sp³-hybridized carbons (Fsp3) is 0.350. The monoisotopic (exact) mass is 417 g/mol. The van der Waals surface area contributed by atoms with Gasteiger partial charge in [-0.15, -0.1) is 0 Å². The van der Waals surface area contributed by atoms with E-state index in [9.17, 15) is 13.6 Å². The van der Waals surface area contributed by atoms with E-state index in [0.29, 0.717) is 24.4 Å². The van der Waals surface area contributed by atoms with Crippen molar-refractivity contribution in [2.24, 2.45) is 0 Å². The Bertz CT molecular complexity index is 1070. The Kier molecular flexibility index (Phi) is 5.49. The Morgan fingerprint density at radius 3 is 3.03 bits per heavy atom. The van der Waals surface area contributed by atoms with Crippen LogP contribution in [0.3, 0.4) is 0 Å². The number of amides is 1. The summed E-state index contributed by atoms with van der Waals surface area (Å²) in [7, 11) is 0. The molecular formula is C20H21F2N5O3. The fourth-order valence-corrected chi connectivity index (χ4v) is 3.58. The van der Waals surface area contributed by atoms with Crippen LogP contribution < -0.4 is 15.0 Å². The van der Waals surface area contributed by atoms with Crippen molar-refractivity contribution in [2.75, 3.05) is 18.1 Å². The highest BCUT2D eigenvalue weighted by Crippen LogP contribution is 2.37. The number of carbonyl (C=O) groups is 1. The van der Waals surface area contributed by atoms with E-state index in [0.717, 1.165) is 18.6 Å². The average molecular weight is 417 g/mol. The molecule has 8 nitrogen and oxygen atoms in total. The first-order valence-electron chi connectivity index (χ1n) is 9.61. The van der Waals surface area contributed by atoms with E-state index in [1.54, 1.807) is 19.2 Å². The third-order valence-electron chi connectivity index (χ3n) is 5.03. The number of carbonyl (C=O) groups excluding carboxylic acids is 1. The van der Waals surface area contributed by atoms with Gasteiger partial charge in [0.25, 0.3) is 0 Å². The first-order chi connectivity index (χ1) is 14.5. The maximum absolute atomic E-state index is 14.3. The van der Waals surface area contributed by atoms with Crippen LogP contribution in [0.15, 0.2) is 36.7 Å². The number of hydrogen-bond acceptors (Lipinski definition) is 6. The Labute approximate surface area is 171 Å². The Morgan fingerprint density at radius 1 is 1.40 bits per heavy atom. The zero-order valence-corrected chi connectivity index (χ0v) is 16.3. The molecule has 0 spiro atoms. The van der Waals surface area contributed by atoms with Gasteiger partial charge in [-0.2, -0.15) is 5.10 Å². The van der Waals surface area contributed by atoms with Crippen LogP contribution in [0.2, 0.25) is 0 Å². The van der Waals surface area contributed by atoms with Crippen LogP contribution >= 0.6 is 0 Å². The van der Waals surface area contributed by atoms with Gasteiger partial charge in [0.15, 0.2) is 5.75 Å². The molecule has 1 aliphatic rings. The van der Waals surface area contributed by atoms with Crippen LogP contribution in [0.4, 0.5) is 19.4 Å². The SMILES string of the molecule is C[C@@H](CO)NC(=O)Oc1cnn2ccc(N3CCC[C@@H]3c3cc(F)ccc3F)nc12. The molecule has 30 heavy (non-hydrogen) atoms.